The summed E-state index contributed by atoms with van der Waals surface area (Å²) in [5.74, 6) is 0.612. The fourth-order valence-corrected chi connectivity index (χ4v) is 1.39. The van der Waals surface area contributed by atoms with Gasteiger partial charge in [-0.25, -0.2) is 4.98 Å². The van der Waals surface area contributed by atoms with E-state index in [1.54, 1.807) is 0 Å². The Morgan fingerprint density at radius 1 is 1.67 bits per heavy atom. The van der Waals surface area contributed by atoms with Crippen LogP contribution in [0.15, 0.2) is 11.1 Å². The Balaban J connectivity index is 2.74. The van der Waals surface area contributed by atoms with Crippen molar-refractivity contribution < 1.29 is 0 Å². The first kappa shape index (κ1) is 12.4. The lowest BCUT2D eigenvalue weighted by Crippen LogP contribution is -2.32. The van der Waals surface area contributed by atoms with Crippen molar-refractivity contribution in [3.05, 3.63) is 20.3 Å². The molecule has 0 fully saturated rings. The molecule has 0 amide bonds. The predicted molar refractivity (Wildman–Crippen MR) is 68.9 cm³/mol. The SMILES string of the molecule is CC(C)(CN)CNc1nc[nH]c(=O)c1I. The summed E-state index contributed by atoms with van der Waals surface area (Å²) >= 11 is 1.97. The van der Waals surface area contributed by atoms with Gasteiger partial charge in [0.15, 0.2) is 0 Å². The van der Waals surface area contributed by atoms with Crippen LogP contribution in [0.2, 0.25) is 0 Å². The Morgan fingerprint density at radius 3 is 2.93 bits per heavy atom. The number of nitrogens with zero attached hydrogens (tertiary/aromatic N) is 1. The van der Waals surface area contributed by atoms with Crippen LogP contribution in [0.5, 0.6) is 0 Å². The second-order valence-corrected chi connectivity index (χ2v) is 5.19. The highest BCUT2D eigenvalue weighted by atomic mass is 127. The summed E-state index contributed by atoms with van der Waals surface area (Å²) in [7, 11) is 0. The van der Waals surface area contributed by atoms with Crippen LogP contribution in [0.25, 0.3) is 0 Å². The number of anilines is 1. The molecule has 1 aromatic heterocycles. The number of hydrogen-bond acceptors (Lipinski definition) is 4. The van der Waals surface area contributed by atoms with E-state index in [4.69, 9.17) is 5.73 Å². The number of H-pyrrole nitrogens is 1. The highest BCUT2D eigenvalue weighted by molar-refractivity contribution is 14.1. The molecule has 84 valence electrons. The molecule has 0 bridgehead atoms. The van der Waals surface area contributed by atoms with Gasteiger partial charge >= 0.3 is 0 Å². The van der Waals surface area contributed by atoms with Crippen LogP contribution in [0.3, 0.4) is 0 Å². The van der Waals surface area contributed by atoms with Crippen LogP contribution in [-0.2, 0) is 0 Å². The van der Waals surface area contributed by atoms with Gasteiger partial charge in [0.25, 0.3) is 5.56 Å². The summed E-state index contributed by atoms with van der Waals surface area (Å²) in [6, 6.07) is 0. The topological polar surface area (TPSA) is 83.8 Å². The molecule has 0 unspecified atom stereocenters. The van der Waals surface area contributed by atoms with Gasteiger partial charge in [0.1, 0.15) is 9.39 Å². The molecule has 0 aliphatic rings. The van der Waals surface area contributed by atoms with Gasteiger partial charge in [0.2, 0.25) is 0 Å². The fourth-order valence-electron chi connectivity index (χ4n) is 0.901. The molecule has 1 aromatic rings. The molecule has 1 heterocycles. The van der Waals surface area contributed by atoms with Crippen molar-refractivity contribution >= 4 is 28.4 Å². The summed E-state index contributed by atoms with van der Waals surface area (Å²) in [6.45, 7) is 5.38. The van der Waals surface area contributed by atoms with Gasteiger partial charge in [0.05, 0.1) is 6.33 Å². The Kier molecular flexibility index (Phi) is 4.09. The van der Waals surface area contributed by atoms with E-state index >= 15 is 0 Å². The zero-order chi connectivity index (χ0) is 11.5. The van der Waals surface area contributed by atoms with E-state index in [1.165, 1.54) is 6.33 Å². The third-order valence-corrected chi connectivity index (χ3v) is 3.08. The Morgan fingerprint density at radius 2 is 2.33 bits per heavy atom. The summed E-state index contributed by atoms with van der Waals surface area (Å²) in [5, 5.41) is 3.13. The number of aromatic amines is 1. The van der Waals surface area contributed by atoms with Crippen LogP contribution >= 0.6 is 22.6 Å². The maximum atomic E-state index is 11.3. The maximum Gasteiger partial charge on any atom is 0.266 e. The molecular formula is C9H15IN4O. The second kappa shape index (κ2) is 4.93. The molecule has 0 radical (unpaired) electrons. The maximum absolute atomic E-state index is 11.3. The highest BCUT2D eigenvalue weighted by Gasteiger charge is 2.16. The van der Waals surface area contributed by atoms with Gasteiger partial charge in [-0.05, 0) is 34.6 Å². The molecule has 0 aliphatic carbocycles. The minimum Gasteiger partial charge on any atom is -0.368 e. The molecule has 0 saturated carbocycles. The first-order valence-electron chi connectivity index (χ1n) is 4.63. The van der Waals surface area contributed by atoms with E-state index < -0.39 is 0 Å². The number of halogens is 1. The smallest absolute Gasteiger partial charge is 0.266 e. The molecule has 1 rings (SSSR count). The molecule has 0 aliphatic heterocycles. The summed E-state index contributed by atoms with van der Waals surface area (Å²) in [6.07, 6.45) is 1.39. The summed E-state index contributed by atoms with van der Waals surface area (Å²) < 4.78 is 0.572. The van der Waals surface area contributed by atoms with Crippen molar-refractivity contribution in [2.24, 2.45) is 11.1 Å². The standard InChI is InChI=1S/C9H15IN4O/c1-9(2,3-11)4-12-7-6(10)8(15)14-5-13-7/h5H,3-4,11H2,1-2H3,(H2,12,13,14,15). The first-order valence-corrected chi connectivity index (χ1v) is 5.71. The van der Waals surface area contributed by atoms with E-state index in [2.05, 4.69) is 29.1 Å². The fraction of sp³-hybridized carbons (Fsp3) is 0.556. The molecule has 0 atom stereocenters. The van der Waals surface area contributed by atoms with Crippen LogP contribution in [0, 0.1) is 8.99 Å². The quantitative estimate of drug-likeness (QED) is 0.715. The van der Waals surface area contributed by atoms with Crippen molar-refractivity contribution in [1.29, 1.82) is 0 Å². The van der Waals surface area contributed by atoms with Crippen molar-refractivity contribution in [3.8, 4) is 0 Å². The first-order chi connectivity index (χ1) is 6.96. The summed E-state index contributed by atoms with van der Waals surface area (Å²) in [4.78, 5) is 17.8. The molecule has 5 nitrogen and oxygen atoms in total. The number of hydrogen-bond donors (Lipinski definition) is 3. The Bertz CT molecular complexity index is 388. The van der Waals surface area contributed by atoms with E-state index in [0.717, 1.165) is 0 Å². The van der Waals surface area contributed by atoms with Crippen molar-refractivity contribution in [2.75, 3.05) is 18.4 Å². The number of nitrogens with one attached hydrogen (secondary N) is 2. The van der Waals surface area contributed by atoms with Crippen LogP contribution in [-0.4, -0.2) is 23.1 Å². The number of aromatic nitrogens is 2. The molecule has 6 heteroatoms. The van der Waals surface area contributed by atoms with Gasteiger partial charge < -0.3 is 16.0 Å². The lowest BCUT2D eigenvalue weighted by molar-refractivity contribution is 0.405. The monoisotopic (exact) mass is 322 g/mol. The lowest BCUT2D eigenvalue weighted by atomic mass is 9.94. The van der Waals surface area contributed by atoms with Gasteiger partial charge in [-0.15, -0.1) is 0 Å². The van der Waals surface area contributed by atoms with Crippen molar-refractivity contribution in [2.45, 2.75) is 13.8 Å². The minimum atomic E-state index is -0.126. The molecule has 4 N–H and O–H groups in total. The Hall–Kier alpha value is -0.630. The van der Waals surface area contributed by atoms with Crippen molar-refractivity contribution in [1.82, 2.24) is 9.97 Å². The molecule has 0 spiro atoms. The molecule has 0 saturated heterocycles. The van der Waals surface area contributed by atoms with Gasteiger partial charge in [-0.2, -0.15) is 0 Å². The third kappa shape index (κ3) is 3.45. The van der Waals surface area contributed by atoms with Gasteiger partial charge in [-0.1, -0.05) is 13.8 Å². The van der Waals surface area contributed by atoms with Crippen LogP contribution in [0.1, 0.15) is 13.8 Å². The highest BCUT2D eigenvalue weighted by Crippen LogP contribution is 2.15. The second-order valence-electron chi connectivity index (χ2n) is 4.12. The van der Waals surface area contributed by atoms with E-state index in [0.29, 0.717) is 22.5 Å². The number of nitrogens with two attached hydrogens (primary N) is 1. The van der Waals surface area contributed by atoms with Gasteiger partial charge in [0, 0.05) is 6.54 Å². The third-order valence-electron chi connectivity index (χ3n) is 2.08. The molecule has 0 aromatic carbocycles. The normalized spacial score (nSPS) is 11.5. The molecular weight excluding hydrogens is 307 g/mol. The average molecular weight is 322 g/mol. The van der Waals surface area contributed by atoms with E-state index in [1.807, 2.05) is 22.6 Å². The minimum absolute atomic E-state index is 0.00658. The Labute approximate surface area is 102 Å². The zero-order valence-corrected chi connectivity index (χ0v) is 11.0. The average Bonchev–Trinajstić information content (AvgIpc) is 2.20. The zero-order valence-electron chi connectivity index (χ0n) is 8.80. The van der Waals surface area contributed by atoms with Crippen molar-refractivity contribution in [3.63, 3.8) is 0 Å². The van der Waals surface area contributed by atoms with Crippen LogP contribution in [0.4, 0.5) is 5.82 Å². The largest absolute Gasteiger partial charge is 0.368 e. The number of rotatable bonds is 4. The predicted octanol–water partition coefficient (Wildman–Crippen LogP) is 0.771. The van der Waals surface area contributed by atoms with Gasteiger partial charge in [-0.3, -0.25) is 4.79 Å². The van der Waals surface area contributed by atoms with E-state index in [-0.39, 0.29) is 11.0 Å². The molecule has 15 heavy (non-hydrogen) atoms. The van der Waals surface area contributed by atoms with E-state index in [9.17, 15) is 4.79 Å². The summed E-state index contributed by atoms with van der Waals surface area (Å²) in [5.41, 5.74) is 5.48. The van der Waals surface area contributed by atoms with Crippen LogP contribution < -0.4 is 16.6 Å². The lowest BCUT2D eigenvalue weighted by Gasteiger charge is -2.23.